The van der Waals surface area contributed by atoms with Crippen molar-refractivity contribution in [2.45, 2.75) is 18.1 Å². The lowest BCUT2D eigenvalue weighted by atomic mass is 10.1. The zero-order valence-corrected chi connectivity index (χ0v) is 12.0. The first-order chi connectivity index (χ1) is 9.33. The minimum absolute atomic E-state index is 0.297. The molecular weight excluding hydrogens is 258 g/mol. The lowest BCUT2D eigenvalue weighted by Crippen LogP contribution is -2.18. The Labute approximate surface area is 118 Å². The smallest absolute Gasteiger partial charge is 0.165 e. The molecule has 0 amide bonds. The predicted octanol–water partition coefficient (Wildman–Crippen LogP) is 2.86. The van der Waals surface area contributed by atoms with Gasteiger partial charge < -0.3 is 15.0 Å². The van der Waals surface area contributed by atoms with E-state index in [9.17, 15) is 0 Å². The van der Waals surface area contributed by atoms with E-state index in [0.717, 1.165) is 16.7 Å². The highest BCUT2D eigenvalue weighted by Gasteiger charge is 2.10. The number of aromatic nitrogens is 2. The number of benzene rings is 1. The fourth-order valence-electron chi connectivity index (χ4n) is 1.80. The van der Waals surface area contributed by atoms with Crippen molar-refractivity contribution in [3.63, 3.8) is 0 Å². The lowest BCUT2D eigenvalue weighted by Gasteiger charge is -2.16. The van der Waals surface area contributed by atoms with Crippen LogP contribution in [0.3, 0.4) is 0 Å². The molecule has 0 saturated heterocycles. The normalized spacial score (nSPS) is 12.3. The number of imidazole rings is 1. The predicted molar refractivity (Wildman–Crippen MR) is 78.7 cm³/mol. The summed E-state index contributed by atoms with van der Waals surface area (Å²) in [5.41, 5.74) is 1.25. The van der Waals surface area contributed by atoms with Crippen LogP contribution in [0, 0.1) is 0 Å². The van der Waals surface area contributed by atoms with Gasteiger partial charge in [-0.25, -0.2) is 4.98 Å². The summed E-state index contributed by atoms with van der Waals surface area (Å²) < 4.78 is 5.45. The van der Waals surface area contributed by atoms with Gasteiger partial charge in [-0.05, 0) is 31.7 Å². The number of nitrogens with zero attached hydrogens (tertiary/aromatic N) is 1. The topological polar surface area (TPSA) is 49.9 Å². The summed E-state index contributed by atoms with van der Waals surface area (Å²) in [6.45, 7) is 2.69. The van der Waals surface area contributed by atoms with Gasteiger partial charge in [0.15, 0.2) is 5.16 Å². The third kappa shape index (κ3) is 4.01. The fraction of sp³-hybridized carbons (Fsp3) is 0.357. The van der Waals surface area contributed by atoms with E-state index in [1.165, 1.54) is 5.56 Å². The molecule has 1 unspecified atom stereocenters. The number of nitrogens with one attached hydrogen (secondary N) is 2. The Morgan fingerprint density at radius 1 is 1.37 bits per heavy atom. The SMILES string of the molecule is CCOc1ccc(C(CSc2ncc[nH]2)NC)cc1. The summed E-state index contributed by atoms with van der Waals surface area (Å²) in [7, 11) is 1.98. The van der Waals surface area contributed by atoms with E-state index < -0.39 is 0 Å². The Balaban J connectivity index is 1.96. The van der Waals surface area contributed by atoms with E-state index in [0.29, 0.717) is 12.6 Å². The molecule has 0 radical (unpaired) electrons. The molecule has 0 bridgehead atoms. The van der Waals surface area contributed by atoms with Gasteiger partial charge in [0.2, 0.25) is 0 Å². The molecule has 0 saturated carbocycles. The second-order valence-electron chi connectivity index (χ2n) is 4.05. The summed E-state index contributed by atoms with van der Waals surface area (Å²) in [5.74, 6) is 1.85. The van der Waals surface area contributed by atoms with Gasteiger partial charge in [0.05, 0.1) is 6.61 Å². The summed E-state index contributed by atoms with van der Waals surface area (Å²) in [6.07, 6.45) is 3.61. The molecule has 1 aromatic carbocycles. The minimum atomic E-state index is 0.297. The van der Waals surface area contributed by atoms with Crippen molar-refractivity contribution in [3.05, 3.63) is 42.2 Å². The first kappa shape index (κ1) is 14.0. The summed E-state index contributed by atoms with van der Waals surface area (Å²) in [6, 6.07) is 8.54. The Morgan fingerprint density at radius 3 is 2.74 bits per heavy atom. The Kier molecular flexibility index (Phi) is 5.30. The Hall–Kier alpha value is -1.46. The zero-order chi connectivity index (χ0) is 13.5. The molecule has 102 valence electrons. The van der Waals surface area contributed by atoms with Crippen LogP contribution in [0.2, 0.25) is 0 Å². The second-order valence-corrected chi connectivity index (χ2v) is 5.06. The van der Waals surface area contributed by atoms with E-state index in [1.807, 2.05) is 32.3 Å². The molecule has 2 N–H and O–H groups in total. The molecule has 2 rings (SSSR count). The van der Waals surface area contributed by atoms with Crippen molar-refractivity contribution >= 4 is 11.8 Å². The van der Waals surface area contributed by atoms with Gasteiger partial charge in [0.1, 0.15) is 5.75 Å². The van der Waals surface area contributed by atoms with Crippen LogP contribution in [0.1, 0.15) is 18.5 Å². The number of thioether (sulfide) groups is 1. The maximum Gasteiger partial charge on any atom is 0.165 e. The van der Waals surface area contributed by atoms with Gasteiger partial charge in [-0.1, -0.05) is 23.9 Å². The van der Waals surface area contributed by atoms with E-state index in [2.05, 4.69) is 27.4 Å². The van der Waals surface area contributed by atoms with Gasteiger partial charge in [0, 0.05) is 24.2 Å². The number of rotatable bonds is 7. The number of hydrogen-bond acceptors (Lipinski definition) is 4. The average Bonchev–Trinajstić information content (AvgIpc) is 2.95. The van der Waals surface area contributed by atoms with Crippen molar-refractivity contribution in [2.24, 2.45) is 0 Å². The van der Waals surface area contributed by atoms with E-state index >= 15 is 0 Å². The molecule has 5 heteroatoms. The molecule has 1 aromatic heterocycles. The van der Waals surface area contributed by atoms with Gasteiger partial charge in [0.25, 0.3) is 0 Å². The monoisotopic (exact) mass is 277 g/mol. The second kappa shape index (κ2) is 7.21. The molecule has 0 aliphatic heterocycles. The van der Waals surface area contributed by atoms with Crippen LogP contribution in [0.5, 0.6) is 5.75 Å². The number of hydrogen-bond donors (Lipinski definition) is 2. The van der Waals surface area contributed by atoms with Crippen molar-refractivity contribution in [3.8, 4) is 5.75 Å². The number of H-pyrrole nitrogens is 1. The lowest BCUT2D eigenvalue weighted by molar-refractivity contribution is 0.340. The molecule has 0 spiro atoms. The number of ether oxygens (including phenoxy) is 1. The van der Waals surface area contributed by atoms with Crippen LogP contribution < -0.4 is 10.1 Å². The quantitative estimate of drug-likeness (QED) is 0.764. The largest absolute Gasteiger partial charge is 0.494 e. The van der Waals surface area contributed by atoms with E-state index in [4.69, 9.17) is 4.74 Å². The standard InChI is InChI=1S/C14H19N3OS/c1-3-18-12-6-4-11(5-7-12)13(15-2)10-19-14-16-8-9-17-14/h4-9,13,15H,3,10H2,1-2H3,(H,16,17). The molecule has 2 aromatic rings. The molecule has 0 aliphatic carbocycles. The highest BCUT2D eigenvalue weighted by atomic mass is 32.2. The fourth-order valence-corrected chi connectivity index (χ4v) is 2.77. The highest BCUT2D eigenvalue weighted by Crippen LogP contribution is 2.23. The molecule has 4 nitrogen and oxygen atoms in total. The molecular formula is C14H19N3OS. The maximum atomic E-state index is 5.45. The number of aromatic amines is 1. The van der Waals surface area contributed by atoms with Crippen molar-refractivity contribution in [1.29, 1.82) is 0 Å². The highest BCUT2D eigenvalue weighted by molar-refractivity contribution is 7.99. The minimum Gasteiger partial charge on any atom is -0.494 e. The van der Waals surface area contributed by atoms with Crippen molar-refractivity contribution in [2.75, 3.05) is 19.4 Å². The van der Waals surface area contributed by atoms with Gasteiger partial charge in [-0.3, -0.25) is 0 Å². The van der Waals surface area contributed by atoms with Crippen LogP contribution in [-0.2, 0) is 0 Å². The van der Waals surface area contributed by atoms with Crippen LogP contribution in [0.25, 0.3) is 0 Å². The third-order valence-electron chi connectivity index (χ3n) is 2.80. The van der Waals surface area contributed by atoms with Crippen LogP contribution >= 0.6 is 11.8 Å². The van der Waals surface area contributed by atoms with Gasteiger partial charge in [-0.2, -0.15) is 0 Å². The molecule has 1 atom stereocenters. The summed E-state index contributed by atoms with van der Waals surface area (Å²) >= 11 is 1.71. The average molecular weight is 277 g/mol. The van der Waals surface area contributed by atoms with Crippen molar-refractivity contribution in [1.82, 2.24) is 15.3 Å². The molecule has 0 aliphatic rings. The summed E-state index contributed by atoms with van der Waals surface area (Å²) in [5, 5.41) is 4.28. The van der Waals surface area contributed by atoms with Crippen LogP contribution in [0.4, 0.5) is 0 Å². The summed E-state index contributed by atoms with van der Waals surface area (Å²) in [4.78, 5) is 7.31. The van der Waals surface area contributed by atoms with Crippen LogP contribution in [0.15, 0.2) is 41.8 Å². The first-order valence-electron chi connectivity index (χ1n) is 6.35. The van der Waals surface area contributed by atoms with Crippen molar-refractivity contribution < 1.29 is 4.74 Å². The Morgan fingerprint density at radius 2 is 2.16 bits per heavy atom. The maximum absolute atomic E-state index is 5.45. The van der Waals surface area contributed by atoms with Gasteiger partial charge in [-0.15, -0.1) is 0 Å². The third-order valence-corrected chi connectivity index (χ3v) is 3.80. The van der Waals surface area contributed by atoms with Gasteiger partial charge >= 0.3 is 0 Å². The van der Waals surface area contributed by atoms with E-state index in [-0.39, 0.29) is 0 Å². The Bertz CT molecular complexity index is 470. The zero-order valence-electron chi connectivity index (χ0n) is 11.2. The molecule has 19 heavy (non-hydrogen) atoms. The molecule has 1 heterocycles. The first-order valence-corrected chi connectivity index (χ1v) is 7.34. The van der Waals surface area contributed by atoms with Crippen LogP contribution in [-0.4, -0.2) is 29.4 Å². The molecule has 0 fully saturated rings. The van der Waals surface area contributed by atoms with E-state index in [1.54, 1.807) is 18.0 Å².